The van der Waals surface area contributed by atoms with E-state index in [1.54, 1.807) is 24.3 Å². The minimum atomic E-state index is -1.10. The Morgan fingerprint density at radius 1 is 0.143 bits per heavy atom. The van der Waals surface area contributed by atoms with Crippen LogP contribution in [0.25, 0.3) is 284 Å². The molecule has 0 N–H and O–H groups in total. The van der Waals surface area contributed by atoms with Crippen LogP contribution in [-0.2, 0) is 0 Å². The van der Waals surface area contributed by atoms with Crippen LogP contribution in [0.1, 0.15) is 60.3 Å². The molecule has 616 valence electrons. The molecule has 0 saturated heterocycles. The zero-order valence-electron chi connectivity index (χ0n) is 113. The van der Waals surface area contributed by atoms with Gasteiger partial charge in [-0.1, -0.05) is 418 Å². The number of furan rings is 3. The average molecular weight is 1730 g/mol. The predicted molar refractivity (Wildman–Crippen MR) is 567 cm³/mol. The quantitative estimate of drug-likeness (QED) is 0.149. The fourth-order valence-corrected chi connectivity index (χ4v) is 19.2. The van der Waals surface area contributed by atoms with E-state index in [0.717, 1.165) is 75.4 Å². The molecule has 0 aliphatic heterocycles. The molecule has 3 heterocycles. The number of hydrogen-bond donors (Lipinski definition) is 0. The first-order valence-corrected chi connectivity index (χ1v) is 42.2. The van der Waals surface area contributed by atoms with Crippen LogP contribution >= 0.6 is 0 Å². The molecule has 0 aliphatic carbocycles. The lowest BCUT2D eigenvalue weighted by atomic mass is 9.84. The summed E-state index contributed by atoms with van der Waals surface area (Å²) in [5, 5.41) is 8.30. The van der Waals surface area contributed by atoms with Gasteiger partial charge in [0, 0.05) is 32.3 Å². The van der Waals surface area contributed by atoms with Crippen LogP contribution in [-0.4, -0.2) is 0 Å². The highest BCUT2D eigenvalue weighted by atomic mass is 16.3. The van der Waals surface area contributed by atoms with Gasteiger partial charge in [0.05, 0.1) is 60.3 Å². The van der Waals surface area contributed by atoms with Gasteiger partial charge in [0.1, 0.15) is 33.5 Å². The van der Waals surface area contributed by atoms with Crippen molar-refractivity contribution < 1.29 is 73.6 Å². The van der Waals surface area contributed by atoms with Crippen molar-refractivity contribution in [3.63, 3.8) is 0 Å². The van der Waals surface area contributed by atoms with E-state index in [0.29, 0.717) is 66.8 Å². The summed E-state index contributed by atoms with van der Waals surface area (Å²) in [6, 6.07) is 34.5. The maximum absolute atomic E-state index is 9.60. The van der Waals surface area contributed by atoms with Crippen molar-refractivity contribution in [2.45, 2.75) is 0 Å². The molecule has 0 amide bonds. The van der Waals surface area contributed by atoms with Gasteiger partial charge in [-0.25, -0.2) is 0 Å². The highest BCUT2D eigenvalue weighted by Crippen LogP contribution is 2.54. The molecule has 3 heteroatoms. The van der Waals surface area contributed by atoms with Gasteiger partial charge in [-0.2, -0.15) is 0 Å². The molecule has 0 fully saturated rings. The fraction of sp³-hybridized carbons (Fsp3) is 0. The average Bonchev–Trinajstić information content (AvgIpc) is 1.28. The smallest absolute Gasteiger partial charge is 0.136 e. The molecule has 133 heavy (non-hydrogen) atoms. The van der Waals surface area contributed by atoms with Crippen LogP contribution in [0.5, 0.6) is 0 Å². The predicted octanol–water partition coefficient (Wildman–Crippen LogP) is 37.4. The summed E-state index contributed by atoms with van der Waals surface area (Å²) < 4.78 is 415. The van der Waals surface area contributed by atoms with Crippen LogP contribution in [0, 0.1) is 0 Å². The summed E-state index contributed by atoms with van der Waals surface area (Å²) in [4.78, 5) is 0. The largest absolute Gasteiger partial charge is 0.456 e. The van der Waals surface area contributed by atoms with E-state index >= 15 is 0 Å². The zero-order valence-corrected chi connectivity index (χ0v) is 68.9. The normalized spacial score (nSPS) is 16.5. The molecule has 3 nitrogen and oxygen atoms in total. The SMILES string of the molecule is [2H]c1c([2H])c(-c2c3c([2H])c([2H])c([2H])c([2H])c3c(-c3c([2H])c([2H])c([2H])c4c([2H])c([2H])c([2H])c([2H])c34)c3c([2H])c([2H])c([2H])c([2H])c23)c([2H])c([2H])c1-c1c([2H])c([2H])c2oc3c([2H])c4c([2H])c([2H])c([2H])c([2H])c4c([2H])c3c2c1[2H].[2H]c1c([2H])c([2H])c2c(-c3cc4oc5ccc6ccccc6c5c4c4ccccc34)c3c([2H])c([2H])c([2H])c([2H])c3c(-c3ccc4ccccc4c3)c2c1[2H].[2H]c1c([2H])c([2H])c2c(-c3cc4oc5ccc6ccccc6c5c4c4ccccc34)c3c([2H])c([2H])c([2H])c([2H])c3c(-c3ccccc3)c2c1[2H]. The van der Waals surface area contributed by atoms with E-state index in [1.807, 2.05) is 158 Å². The van der Waals surface area contributed by atoms with Gasteiger partial charge in [-0.05, 0) is 272 Å². The molecule has 3 aromatic heterocycles. The molecule has 0 spiro atoms. The van der Waals surface area contributed by atoms with Gasteiger partial charge in [0.15, 0.2) is 0 Å². The number of fused-ring (bicyclic) bond motifs is 26. The second-order valence-corrected chi connectivity index (χ2v) is 31.9. The second-order valence-electron chi connectivity index (χ2n) is 31.9. The Labute approximate surface area is 826 Å². The lowest BCUT2D eigenvalue weighted by Crippen LogP contribution is -1.92. The van der Waals surface area contributed by atoms with Gasteiger partial charge in [0.2, 0.25) is 0 Å². The Kier molecular flexibility index (Phi) is 10.1. The Hall–Kier alpha value is -17.5. The van der Waals surface area contributed by atoms with Crippen LogP contribution in [0.2, 0.25) is 0 Å². The van der Waals surface area contributed by atoms with E-state index in [-0.39, 0.29) is 91.4 Å². The maximum atomic E-state index is 9.60. The zero-order chi connectivity index (χ0) is 126. The van der Waals surface area contributed by atoms with Crippen LogP contribution in [0.15, 0.2) is 485 Å². The van der Waals surface area contributed by atoms with E-state index in [1.165, 1.54) is 0 Å². The van der Waals surface area contributed by atoms with Crippen molar-refractivity contribution in [2.75, 3.05) is 0 Å². The monoisotopic (exact) mass is 1730 g/mol. The van der Waals surface area contributed by atoms with Crippen LogP contribution in [0.3, 0.4) is 0 Å². The van der Waals surface area contributed by atoms with Crippen molar-refractivity contribution in [1.29, 1.82) is 0 Å². The number of benzene rings is 26. The van der Waals surface area contributed by atoms with Gasteiger partial charge in [-0.3, -0.25) is 0 Å². The summed E-state index contributed by atoms with van der Waals surface area (Å²) in [7, 11) is 0. The number of hydrogen-bond acceptors (Lipinski definition) is 3. The first-order chi connectivity index (χ1) is 84.3. The first-order valence-electron chi connectivity index (χ1n) is 64.2. The van der Waals surface area contributed by atoms with E-state index < -0.39 is 316 Å². The van der Waals surface area contributed by atoms with Gasteiger partial charge in [0.25, 0.3) is 0 Å². The molecule has 0 bridgehead atoms. The summed E-state index contributed by atoms with van der Waals surface area (Å²) in [5.74, 6) is 0. The highest BCUT2D eigenvalue weighted by Gasteiger charge is 2.27. The van der Waals surface area contributed by atoms with Crippen molar-refractivity contribution in [1.82, 2.24) is 0 Å². The lowest BCUT2D eigenvalue weighted by Gasteiger charge is -2.19. The molecule has 0 saturated carbocycles. The lowest BCUT2D eigenvalue weighted by molar-refractivity contribution is 0.669. The van der Waals surface area contributed by atoms with Crippen LogP contribution < -0.4 is 0 Å². The van der Waals surface area contributed by atoms with E-state index in [2.05, 4.69) is 24.3 Å². The van der Waals surface area contributed by atoms with Gasteiger partial charge < -0.3 is 13.3 Å². The Morgan fingerprint density at radius 3 is 0.992 bits per heavy atom. The summed E-state index contributed by atoms with van der Waals surface area (Å²) in [6.45, 7) is 0. The summed E-state index contributed by atoms with van der Waals surface area (Å²) in [6.07, 6.45) is 0. The molecular weight excluding hydrogens is 1610 g/mol. The third-order valence-electron chi connectivity index (χ3n) is 24.8. The second kappa shape index (κ2) is 30.6. The Balaban J connectivity index is 0.000000128. The van der Waals surface area contributed by atoms with Crippen LogP contribution in [0.4, 0.5) is 0 Å². The molecule has 0 radical (unpaired) electrons. The van der Waals surface area contributed by atoms with E-state index in [4.69, 9.17) is 48.9 Å². The third-order valence-corrected chi connectivity index (χ3v) is 24.8. The van der Waals surface area contributed by atoms with Crippen molar-refractivity contribution in [2.24, 2.45) is 0 Å². The molecule has 0 unspecified atom stereocenters. The highest BCUT2D eigenvalue weighted by molar-refractivity contribution is 6.34. The minimum absolute atomic E-state index is 0.169. The molecular formula is C130H78O3. The van der Waals surface area contributed by atoms with Crippen molar-refractivity contribution >= 4 is 206 Å². The Morgan fingerprint density at radius 2 is 0.489 bits per heavy atom. The topological polar surface area (TPSA) is 39.4 Å². The number of rotatable bonds is 7. The van der Waals surface area contributed by atoms with Crippen molar-refractivity contribution in [3.05, 3.63) is 472 Å². The maximum Gasteiger partial charge on any atom is 0.136 e. The summed E-state index contributed by atoms with van der Waals surface area (Å²) >= 11 is 0. The molecule has 0 aliphatic rings. The fourth-order valence-electron chi connectivity index (χ4n) is 19.2. The van der Waals surface area contributed by atoms with Gasteiger partial charge >= 0.3 is 0 Å². The molecule has 29 aromatic rings. The minimum Gasteiger partial charge on any atom is -0.456 e. The first kappa shape index (κ1) is 44.0. The standard InChI is InChI=1S/C46H28O.C44H26O.C40H24O/c1-2-12-33-28-44-42(26-32(33)11-1)41-27-34(24-25-43(41)47-44)29-20-22-31(23-21-29)45-37-15-5-7-17-39(37)46(40-18-8-6-16-38(40)45)36-19-9-13-30-10-3-4-14-35(30)36;1-2-13-29-25-30(22-21-27(29)11-1)41-34-17-7-9-19-36(34)42(37-20-10-8-18-35(37)41)38-26-40-44(33-16-6-5-15-32(33)38)43-31-14-4-3-12-28(31)23-24-39(43)45-40;1-2-13-26(14-3-1)37-30-18-8-10-20-32(30)38(33-21-11-9-19-31(33)37)34-24-36-40(29-17-7-6-16-28(29)34)39-27-15-5-4-12-25(27)22-23-35(39)41-36/h1-28H;1-26H;1-24H/i1D,2D,3D,4D,5D,6D,7D,8D,9D,10D,11D,12D,13D,14D,15D,16D,17D,18D,19D,20D,21D,22D,23D,24D,25D,26D,27D,28D;7D,8D,9D,10D,17D,18D,19D,20D;8D,9D,10D,11D,18D,19D,20D,21D. The third kappa shape index (κ3) is 12.1. The molecule has 29 rings (SSSR count). The summed E-state index contributed by atoms with van der Waals surface area (Å²) in [5.41, 5.74) is 0.195. The molecule has 0 atom stereocenters. The Bertz CT molecular complexity index is 12600. The van der Waals surface area contributed by atoms with Gasteiger partial charge in [-0.15, -0.1) is 0 Å². The van der Waals surface area contributed by atoms with Crippen molar-refractivity contribution in [3.8, 4) is 77.9 Å². The molecule has 26 aromatic carbocycles. The van der Waals surface area contributed by atoms with E-state index in [9.17, 15) is 24.7 Å².